The van der Waals surface area contributed by atoms with Gasteiger partial charge >= 0.3 is 0 Å². The molecule has 0 aliphatic carbocycles. The molecule has 31 heavy (non-hydrogen) atoms. The topological polar surface area (TPSA) is 53.8 Å². The summed E-state index contributed by atoms with van der Waals surface area (Å²) in [5.41, 5.74) is 3.63. The van der Waals surface area contributed by atoms with E-state index in [-0.39, 0.29) is 5.56 Å². The first-order valence-electron chi connectivity index (χ1n) is 11.5. The number of aromatic nitrogens is 2. The van der Waals surface area contributed by atoms with Crippen LogP contribution in [0.25, 0.3) is 0 Å². The largest absolute Gasteiger partial charge is 0.383 e. The predicted molar refractivity (Wildman–Crippen MR) is 122 cm³/mol. The lowest BCUT2D eigenvalue weighted by molar-refractivity contribution is 0.0935. The number of rotatable bonds is 6. The second-order valence-electron chi connectivity index (χ2n) is 9.22. The Labute approximate surface area is 184 Å². The maximum absolute atomic E-state index is 13.4. The van der Waals surface area contributed by atoms with Crippen molar-refractivity contribution < 1.29 is 4.74 Å². The maximum Gasteiger partial charge on any atom is 0.255 e. The van der Waals surface area contributed by atoms with E-state index in [4.69, 9.17) is 4.74 Å². The quantitative estimate of drug-likeness (QED) is 0.704. The van der Waals surface area contributed by atoms with E-state index in [1.54, 1.807) is 7.11 Å². The summed E-state index contributed by atoms with van der Waals surface area (Å²) < 4.78 is 7.28. The molecule has 2 atom stereocenters. The van der Waals surface area contributed by atoms with Crippen molar-refractivity contribution in [3.8, 4) is 0 Å². The van der Waals surface area contributed by atoms with Gasteiger partial charge in [0, 0.05) is 101 Å². The fourth-order valence-electron chi connectivity index (χ4n) is 5.51. The number of hydrogen-bond acceptors (Lipinski definition) is 6. The molecule has 7 nitrogen and oxygen atoms in total. The molecule has 3 aliphatic rings. The second-order valence-corrected chi connectivity index (χ2v) is 9.22. The van der Waals surface area contributed by atoms with Gasteiger partial charge in [-0.2, -0.15) is 0 Å². The van der Waals surface area contributed by atoms with Crippen LogP contribution in [0.1, 0.15) is 23.6 Å². The molecule has 0 spiro atoms. The lowest BCUT2D eigenvalue weighted by Gasteiger charge is -2.44. The van der Waals surface area contributed by atoms with Crippen LogP contribution < -0.4 is 10.5 Å². The molecule has 5 heterocycles. The minimum Gasteiger partial charge on any atom is -0.383 e. The number of anilines is 1. The molecule has 0 aromatic carbocycles. The fraction of sp³-hybridized carbons (Fsp3) is 0.583. The number of nitrogens with zero attached hydrogens (tertiary/aromatic N) is 5. The third kappa shape index (κ3) is 4.40. The molecule has 3 aliphatic heterocycles. The van der Waals surface area contributed by atoms with Gasteiger partial charge in [0.15, 0.2) is 0 Å². The van der Waals surface area contributed by atoms with Crippen LogP contribution in [-0.4, -0.2) is 78.9 Å². The third-order valence-electron chi connectivity index (χ3n) is 7.18. The summed E-state index contributed by atoms with van der Waals surface area (Å²) in [6.45, 7) is 9.48. The smallest absolute Gasteiger partial charge is 0.255 e. The number of fused-ring (bicyclic) bond motifs is 4. The zero-order valence-electron chi connectivity index (χ0n) is 18.4. The molecule has 7 heteroatoms. The number of methoxy groups -OCH3 is 1. The summed E-state index contributed by atoms with van der Waals surface area (Å²) in [5.74, 6) is 0.948. The van der Waals surface area contributed by atoms with Crippen LogP contribution in [0, 0.1) is 5.92 Å². The standard InChI is InChI=1S/C24H33N5O2/c1-31-13-12-26-8-10-27(11-9-26)17-20-2-3-23-21-14-19(16-29(23)24(20)30)15-28(18-21)22-4-6-25-7-5-22/h2-7,19,21H,8-18H2,1H3/t19-,21+/m0/s1. The van der Waals surface area contributed by atoms with Crippen molar-refractivity contribution in [2.75, 3.05) is 64.4 Å². The molecular formula is C24H33N5O2. The number of ether oxygens (including phenoxy) is 1. The highest BCUT2D eigenvalue weighted by Crippen LogP contribution is 2.36. The Morgan fingerprint density at radius 2 is 1.77 bits per heavy atom. The Bertz CT molecular complexity index is 939. The first-order valence-corrected chi connectivity index (χ1v) is 11.5. The van der Waals surface area contributed by atoms with Gasteiger partial charge < -0.3 is 14.2 Å². The summed E-state index contributed by atoms with van der Waals surface area (Å²) in [7, 11) is 1.75. The number of piperidine rings is 1. The lowest BCUT2D eigenvalue weighted by atomic mass is 9.82. The van der Waals surface area contributed by atoms with Crippen LogP contribution in [0.5, 0.6) is 0 Å². The van der Waals surface area contributed by atoms with Crippen molar-refractivity contribution in [3.63, 3.8) is 0 Å². The van der Waals surface area contributed by atoms with Gasteiger partial charge in [-0.15, -0.1) is 0 Å². The average molecular weight is 424 g/mol. The zero-order chi connectivity index (χ0) is 21.2. The minimum atomic E-state index is 0.228. The van der Waals surface area contributed by atoms with E-state index < -0.39 is 0 Å². The van der Waals surface area contributed by atoms with Gasteiger partial charge in [0.05, 0.1) is 6.61 Å². The van der Waals surface area contributed by atoms with Crippen LogP contribution >= 0.6 is 0 Å². The van der Waals surface area contributed by atoms with Crippen LogP contribution in [0.3, 0.4) is 0 Å². The monoisotopic (exact) mass is 423 g/mol. The maximum atomic E-state index is 13.4. The first kappa shape index (κ1) is 20.7. The van der Waals surface area contributed by atoms with Crippen molar-refractivity contribution in [2.24, 2.45) is 5.92 Å². The van der Waals surface area contributed by atoms with Gasteiger partial charge in [-0.05, 0) is 30.5 Å². The van der Waals surface area contributed by atoms with Gasteiger partial charge in [0.25, 0.3) is 5.56 Å². The van der Waals surface area contributed by atoms with Gasteiger partial charge in [0.2, 0.25) is 0 Å². The van der Waals surface area contributed by atoms with Crippen molar-refractivity contribution in [3.05, 3.63) is 58.3 Å². The van der Waals surface area contributed by atoms with E-state index in [1.165, 1.54) is 17.8 Å². The van der Waals surface area contributed by atoms with Gasteiger partial charge in [-0.25, -0.2) is 0 Å². The van der Waals surface area contributed by atoms with Gasteiger partial charge in [0.1, 0.15) is 0 Å². The van der Waals surface area contributed by atoms with Crippen molar-refractivity contribution in [1.29, 1.82) is 0 Å². The molecular weight excluding hydrogens is 390 g/mol. The van der Waals surface area contributed by atoms with Gasteiger partial charge in [-0.1, -0.05) is 6.07 Å². The summed E-state index contributed by atoms with van der Waals surface area (Å²) in [6.07, 6.45) is 4.91. The zero-order valence-corrected chi connectivity index (χ0v) is 18.4. The van der Waals surface area contributed by atoms with E-state index in [2.05, 4.69) is 48.5 Å². The third-order valence-corrected chi connectivity index (χ3v) is 7.18. The van der Waals surface area contributed by atoms with Crippen molar-refractivity contribution in [1.82, 2.24) is 19.4 Å². The molecule has 166 valence electrons. The van der Waals surface area contributed by atoms with Crippen LogP contribution in [0.15, 0.2) is 41.5 Å². The molecule has 0 radical (unpaired) electrons. The Hall–Kier alpha value is -2.22. The molecule has 2 aromatic rings. The van der Waals surface area contributed by atoms with Crippen molar-refractivity contribution >= 4 is 5.69 Å². The normalized spacial score (nSPS) is 24.2. The summed E-state index contributed by atoms with van der Waals surface area (Å²) in [5, 5.41) is 0. The first-order chi connectivity index (χ1) is 15.2. The molecule has 0 unspecified atom stereocenters. The van der Waals surface area contributed by atoms with Crippen LogP contribution in [0.4, 0.5) is 5.69 Å². The molecule has 2 saturated heterocycles. The van der Waals surface area contributed by atoms with Crippen LogP contribution in [-0.2, 0) is 17.8 Å². The van der Waals surface area contributed by atoms with Crippen LogP contribution in [0.2, 0.25) is 0 Å². The summed E-state index contributed by atoms with van der Waals surface area (Å²) >= 11 is 0. The van der Waals surface area contributed by atoms with E-state index in [1.807, 2.05) is 12.4 Å². The molecule has 2 fully saturated rings. The fourth-order valence-corrected chi connectivity index (χ4v) is 5.51. The highest BCUT2D eigenvalue weighted by molar-refractivity contribution is 5.46. The molecule has 0 saturated carbocycles. The Balaban J connectivity index is 1.28. The van der Waals surface area contributed by atoms with E-state index in [0.717, 1.165) is 71.1 Å². The average Bonchev–Trinajstić information content (AvgIpc) is 2.81. The molecule has 5 rings (SSSR count). The summed E-state index contributed by atoms with van der Waals surface area (Å²) in [6, 6.07) is 8.50. The van der Waals surface area contributed by atoms with E-state index in [9.17, 15) is 4.79 Å². The Morgan fingerprint density at radius 1 is 1.00 bits per heavy atom. The molecule has 0 N–H and O–H groups in total. The van der Waals surface area contributed by atoms with Crippen molar-refractivity contribution in [2.45, 2.75) is 25.4 Å². The van der Waals surface area contributed by atoms with E-state index in [0.29, 0.717) is 11.8 Å². The lowest BCUT2D eigenvalue weighted by Crippen LogP contribution is -2.49. The molecule has 0 amide bonds. The Kier molecular flexibility index (Phi) is 6.07. The second kappa shape index (κ2) is 9.10. The van der Waals surface area contributed by atoms with Gasteiger partial charge in [-0.3, -0.25) is 19.6 Å². The molecule has 2 aromatic heterocycles. The summed E-state index contributed by atoms with van der Waals surface area (Å²) in [4.78, 5) is 24.8. The van der Waals surface area contributed by atoms with E-state index >= 15 is 0 Å². The Morgan fingerprint density at radius 3 is 2.55 bits per heavy atom. The highest BCUT2D eigenvalue weighted by Gasteiger charge is 2.35. The molecule has 2 bridgehead atoms. The predicted octanol–water partition coefficient (Wildman–Crippen LogP) is 1.63. The SMILES string of the molecule is COCCN1CCN(Cc2ccc3n(c2=O)C[C@H]2C[C@@H]3CN(c3ccncc3)C2)CC1. The highest BCUT2D eigenvalue weighted by atomic mass is 16.5. The number of hydrogen-bond donors (Lipinski definition) is 0. The number of piperazine rings is 1. The minimum absolute atomic E-state index is 0.228. The number of pyridine rings is 2.